The number of benzene rings is 1. The molecule has 2 atom stereocenters. The lowest BCUT2D eigenvalue weighted by Crippen LogP contribution is -2.45. The number of ether oxygens (including phenoxy) is 1. The van der Waals surface area contributed by atoms with Gasteiger partial charge in [-0.3, -0.25) is 4.79 Å². The Labute approximate surface area is 165 Å². The van der Waals surface area contributed by atoms with Gasteiger partial charge in [-0.1, -0.05) is 18.2 Å². The number of halogens is 1. The zero-order valence-electron chi connectivity index (χ0n) is 16.3. The highest BCUT2D eigenvalue weighted by Crippen LogP contribution is 2.30. The van der Waals surface area contributed by atoms with Gasteiger partial charge in [0.05, 0.1) is 17.8 Å². The molecular weight excluding hydrogens is 357 g/mol. The lowest BCUT2D eigenvalue weighted by Gasteiger charge is -2.36. The highest BCUT2D eigenvalue weighted by atomic mass is 19.1. The second-order valence-electron chi connectivity index (χ2n) is 7.82. The number of amides is 1. The molecule has 1 aromatic carbocycles. The van der Waals surface area contributed by atoms with E-state index in [1.807, 2.05) is 12.1 Å². The van der Waals surface area contributed by atoms with Crippen molar-refractivity contribution in [3.8, 4) is 0 Å². The molecule has 0 N–H and O–H groups in total. The van der Waals surface area contributed by atoms with E-state index < -0.39 is 0 Å². The fraction of sp³-hybridized carbons (Fsp3) is 0.455. The van der Waals surface area contributed by atoms with Crippen molar-refractivity contribution in [1.29, 1.82) is 0 Å². The second-order valence-corrected chi connectivity index (χ2v) is 7.82. The van der Waals surface area contributed by atoms with Crippen LogP contribution >= 0.6 is 0 Å². The summed E-state index contributed by atoms with van der Waals surface area (Å²) in [6, 6.07) is 10.5. The fourth-order valence-corrected chi connectivity index (χ4v) is 3.79. The summed E-state index contributed by atoms with van der Waals surface area (Å²) in [6.45, 7) is 5.96. The van der Waals surface area contributed by atoms with E-state index in [9.17, 15) is 9.18 Å². The zero-order chi connectivity index (χ0) is 19.7. The lowest BCUT2D eigenvalue weighted by atomic mass is 10.1. The van der Waals surface area contributed by atoms with Crippen molar-refractivity contribution < 1.29 is 13.9 Å². The number of nitrogens with zero attached hydrogens (tertiary/aromatic N) is 3. The molecule has 2 aliphatic rings. The van der Waals surface area contributed by atoms with Gasteiger partial charge in [-0.05, 0) is 44.9 Å². The van der Waals surface area contributed by atoms with Gasteiger partial charge in [0, 0.05) is 37.4 Å². The summed E-state index contributed by atoms with van der Waals surface area (Å²) in [5.41, 5.74) is 1.09. The Morgan fingerprint density at radius 3 is 2.50 bits per heavy atom. The summed E-state index contributed by atoms with van der Waals surface area (Å²) in [7, 11) is 0. The van der Waals surface area contributed by atoms with Crippen molar-refractivity contribution in [2.45, 2.75) is 51.5 Å². The van der Waals surface area contributed by atoms with Crippen LogP contribution in [0.15, 0.2) is 42.6 Å². The second kappa shape index (κ2) is 7.87. The van der Waals surface area contributed by atoms with Gasteiger partial charge in [0.1, 0.15) is 11.6 Å². The van der Waals surface area contributed by atoms with Crippen LogP contribution in [-0.4, -0.2) is 47.1 Å². The van der Waals surface area contributed by atoms with Crippen LogP contribution in [0.1, 0.15) is 42.6 Å². The van der Waals surface area contributed by atoms with Crippen LogP contribution < -0.4 is 4.90 Å². The molecule has 0 spiro atoms. The van der Waals surface area contributed by atoms with Crippen LogP contribution in [0.5, 0.6) is 0 Å². The molecule has 1 aromatic heterocycles. The normalized spacial score (nSPS) is 22.2. The predicted molar refractivity (Wildman–Crippen MR) is 106 cm³/mol. The number of morpholine rings is 1. The Kier molecular flexibility index (Phi) is 5.31. The van der Waals surface area contributed by atoms with Crippen molar-refractivity contribution in [3.63, 3.8) is 0 Å². The van der Waals surface area contributed by atoms with Gasteiger partial charge in [-0.2, -0.15) is 0 Å². The Balaban J connectivity index is 1.49. The Morgan fingerprint density at radius 2 is 1.89 bits per heavy atom. The zero-order valence-corrected chi connectivity index (χ0v) is 16.3. The molecule has 2 aromatic rings. The Hall–Kier alpha value is -2.47. The number of hydrogen-bond donors (Lipinski definition) is 0. The van der Waals surface area contributed by atoms with Crippen molar-refractivity contribution in [1.82, 2.24) is 9.88 Å². The van der Waals surface area contributed by atoms with Crippen LogP contribution in [0, 0.1) is 5.82 Å². The van der Waals surface area contributed by atoms with Gasteiger partial charge in [-0.25, -0.2) is 9.37 Å². The standard InChI is InChI=1S/C22H26FN3O2/c1-15-12-25(13-16(2)28-15)21-10-7-17(11-24-21)22(27)26(19-8-9-19)14-18-5-3-4-6-20(18)23/h3-7,10-11,15-16,19H,8-9,12-14H2,1-2H3/t15-,16+. The first-order valence-electron chi connectivity index (χ1n) is 9.92. The van der Waals surface area contributed by atoms with Crippen molar-refractivity contribution >= 4 is 11.7 Å². The van der Waals surface area contributed by atoms with E-state index in [0.717, 1.165) is 31.7 Å². The van der Waals surface area contributed by atoms with Crippen LogP contribution in [0.4, 0.5) is 10.2 Å². The first kappa shape index (κ1) is 18.9. The molecule has 0 radical (unpaired) electrons. The Bertz CT molecular complexity index is 828. The van der Waals surface area contributed by atoms with E-state index in [1.54, 1.807) is 29.3 Å². The molecule has 1 amide bonds. The average molecular weight is 383 g/mol. The van der Waals surface area contributed by atoms with Gasteiger partial charge in [0.2, 0.25) is 0 Å². The van der Waals surface area contributed by atoms with Crippen molar-refractivity contribution in [2.24, 2.45) is 0 Å². The number of carbonyl (C=O) groups is 1. The van der Waals surface area contributed by atoms with E-state index in [4.69, 9.17) is 4.74 Å². The number of carbonyl (C=O) groups excluding carboxylic acids is 1. The molecular formula is C22H26FN3O2. The maximum atomic E-state index is 14.1. The van der Waals surface area contributed by atoms with Gasteiger partial charge in [-0.15, -0.1) is 0 Å². The third-order valence-electron chi connectivity index (χ3n) is 5.29. The van der Waals surface area contributed by atoms with Gasteiger partial charge >= 0.3 is 0 Å². The summed E-state index contributed by atoms with van der Waals surface area (Å²) in [4.78, 5) is 21.5. The number of aromatic nitrogens is 1. The third-order valence-corrected chi connectivity index (χ3v) is 5.29. The molecule has 28 heavy (non-hydrogen) atoms. The Morgan fingerprint density at radius 1 is 1.18 bits per heavy atom. The molecule has 2 fully saturated rings. The number of anilines is 1. The maximum Gasteiger partial charge on any atom is 0.255 e. The van der Waals surface area contributed by atoms with E-state index >= 15 is 0 Å². The van der Waals surface area contributed by atoms with E-state index in [0.29, 0.717) is 11.1 Å². The maximum absolute atomic E-state index is 14.1. The minimum Gasteiger partial charge on any atom is -0.372 e. The molecule has 1 aliphatic carbocycles. The summed E-state index contributed by atoms with van der Waals surface area (Å²) >= 11 is 0. The first-order valence-corrected chi connectivity index (χ1v) is 9.92. The van der Waals surface area contributed by atoms with Crippen LogP contribution in [-0.2, 0) is 11.3 Å². The first-order chi connectivity index (χ1) is 13.5. The van der Waals surface area contributed by atoms with Gasteiger partial charge < -0.3 is 14.5 Å². The molecule has 0 unspecified atom stereocenters. The smallest absolute Gasteiger partial charge is 0.255 e. The summed E-state index contributed by atoms with van der Waals surface area (Å²) in [5.74, 6) is 0.490. The van der Waals surface area contributed by atoms with Gasteiger partial charge in [0.25, 0.3) is 5.91 Å². The van der Waals surface area contributed by atoms with Crippen LogP contribution in [0.2, 0.25) is 0 Å². The van der Waals surface area contributed by atoms with Gasteiger partial charge in [0.15, 0.2) is 0 Å². The van der Waals surface area contributed by atoms with Crippen molar-refractivity contribution in [3.05, 3.63) is 59.5 Å². The average Bonchev–Trinajstić information content (AvgIpc) is 3.51. The quantitative estimate of drug-likeness (QED) is 0.791. The molecule has 6 heteroatoms. The molecule has 4 rings (SSSR count). The molecule has 2 heterocycles. The van der Waals surface area contributed by atoms with Crippen LogP contribution in [0.25, 0.3) is 0 Å². The lowest BCUT2D eigenvalue weighted by molar-refractivity contribution is -0.00546. The fourth-order valence-electron chi connectivity index (χ4n) is 3.79. The number of hydrogen-bond acceptors (Lipinski definition) is 4. The summed E-state index contributed by atoms with van der Waals surface area (Å²) in [5, 5.41) is 0. The molecule has 1 saturated heterocycles. The number of pyridine rings is 1. The predicted octanol–water partition coefficient (Wildman–Crippen LogP) is 3.64. The minimum atomic E-state index is -0.273. The molecule has 0 bridgehead atoms. The van der Waals surface area contributed by atoms with E-state index in [1.165, 1.54) is 6.07 Å². The summed E-state index contributed by atoms with van der Waals surface area (Å²) in [6.07, 6.45) is 3.87. The largest absolute Gasteiger partial charge is 0.372 e. The highest BCUT2D eigenvalue weighted by Gasteiger charge is 2.33. The molecule has 148 valence electrons. The van der Waals surface area contributed by atoms with E-state index in [2.05, 4.69) is 23.7 Å². The molecule has 1 saturated carbocycles. The van der Waals surface area contributed by atoms with Crippen molar-refractivity contribution in [2.75, 3.05) is 18.0 Å². The molecule has 1 aliphatic heterocycles. The van der Waals surface area contributed by atoms with E-state index in [-0.39, 0.29) is 36.5 Å². The third kappa shape index (κ3) is 4.17. The monoisotopic (exact) mass is 383 g/mol. The SMILES string of the molecule is C[C@@H]1CN(c2ccc(C(=O)N(Cc3ccccc3F)C3CC3)cn2)C[C@H](C)O1. The van der Waals surface area contributed by atoms with Crippen LogP contribution in [0.3, 0.4) is 0 Å². The minimum absolute atomic E-state index is 0.0893. The summed E-state index contributed by atoms with van der Waals surface area (Å²) < 4.78 is 19.8. The topological polar surface area (TPSA) is 45.7 Å². The highest BCUT2D eigenvalue weighted by molar-refractivity contribution is 5.94. The molecule has 5 nitrogen and oxygen atoms in total. The number of rotatable bonds is 5.